The van der Waals surface area contributed by atoms with Crippen molar-refractivity contribution >= 4 is 11.5 Å². The van der Waals surface area contributed by atoms with Gasteiger partial charge in [0.05, 0.1) is 7.11 Å². The molecular weight excluding hydrogens is 212 g/mol. The first-order chi connectivity index (χ1) is 8.22. The molecule has 1 aliphatic heterocycles. The van der Waals surface area contributed by atoms with Crippen molar-refractivity contribution in [2.75, 3.05) is 20.2 Å². The van der Waals surface area contributed by atoms with Crippen molar-refractivity contribution in [3.8, 4) is 5.75 Å². The van der Waals surface area contributed by atoms with E-state index >= 15 is 0 Å². The number of methoxy groups -OCH3 is 1. The monoisotopic (exact) mass is 232 g/mol. The first-order valence-electron chi connectivity index (χ1n) is 6.16. The lowest BCUT2D eigenvalue weighted by Crippen LogP contribution is -2.24. The first-order valence-corrected chi connectivity index (χ1v) is 6.16. The van der Waals surface area contributed by atoms with Gasteiger partial charge in [0.15, 0.2) is 0 Å². The predicted molar refractivity (Wildman–Crippen MR) is 71.3 cm³/mol. The zero-order valence-electron chi connectivity index (χ0n) is 10.9. The molecule has 0 N–H and O–H groups in total. The van der Waals surface area contributed by atoms with E-state index in [1.165, 1.54) is 12.8 Å². The van der Waals surface area contributed by atoms with E-state index in [1.807, 2.05) is 25.1 Å². The highest BCUT2D eigenvalue weighted by atomic mass is 16.5. The molecule has 17 heavy (non-hydrogen) atoms. The van der Waals surface area contributed by atoms with Crippen LogP contribution in [0.4, 0.5) is 5.69 Å². The molecule has 0 unspecified atom stereocenters. The molecule has 1 fully saturated rings. The maximum atomic E-state index is 5.41. The molecule has 1 aromatic rings. The Labute approximate surface area is 103 Å². The van der Waals surface area contributed by atoms with Crippen molar-refractivity contribution < 1.29 is 4.74 Å². The number of hydrogen-bond donors (Lipinski definition) is 0. The van der Waals surface area contributed by atoms with Crippen LogP contribution in [0, 0.1) is 6.92 Å². The molecular formula is C14H20N2O. The van der Waals surface area contributed by atoms with Gasteiger partial charge in [-0.2, -0.15) is 0 Å². The smallest absolute Gasteiger partial charge is 0.147 e. The van der Waals surface area contributed by atoms with E-state index in [0.29, 0.717) is 0 Å². The average molecular weight is 232 g/mol. The number of para-hydroxylation sites is 1. The van der Waals surface area contributed by atoms with Gasteiger partial charge in [0.1, 0.15) is 17.3 Å². The lowest BCUT2D eigenvalue weighted by molar-refractivity contribution is 0.413. The molecule has 0 bridgehead atoms. The van der Waals surface area contributed by atoms with Gasteiger partial charge in [0.2, 0.25) is 0 Å². The summed E-state index contributed by atoms with van der Waals surface area (Å²) >= 11 is 0. The standard InChI is InChI=1S/C14H20N2O/c1-11-7-6-8-13(14(11)17-3)15-12(2)16-9-4-5-10-16/h6-8H,4-5,9-10H2,1-3H3. The van der Waals surface area contributed by atoms with E-state index in [9.17, 15) is 0 Å². The van der Waals surface area contributed by atoms with E-state index in [0.717, 1.165) is 35.9 Å². The summed E-state index contributed by atoms with van der Waals surface area (Å²) in [6.45, 7) is 6.38. The molecule has 0 saturated carbocycles. The highest BCUT2D eigenvalue weighted by molar-refractivity contribution is 5.83. The summed E-state index contributed by atoms with van der Waals surface area (Å²) in [5.74, 6) is 1.97. The van der Waals surface area contributed by atoms with Gasteiger partial charge in [-0.15, -0.1) is 0 Å². The van der Waals surface area contributed by atoms with Crippen molar-refractivity contribution in [3.05, 3.63) is 23.8 Å². The minimum atomic E-state index is 0.881. The first kappa shape index (κ1) is 12.0. The Hall–Kier alpha value is -1.51. The molecule has 1 heterocycles. The van der Waals surface area contributed by atoms with E-state index in [-0.39, 0.29) is 0 Å². The number of amidine groups is 1. The lowest BCUT2D eigenvalue weighted by Gasteiger charge is -2.17. The normalized spacial score (nSPS) is 16.4. The zero-order chi connectivity index (χ0) is 12.3. The van der Waals surface area contributed by atoms with Crippen LogP contribution < -0.4 is 4.74 Å². The molecule has 0 aliphatic carbocycles. The number of aryl methyl sites for hydroxylation is 1. The fourth-order valence-electron chi connectivity index (χ4n) is 2.28. The molecule has 0 spiro atoms. The Balaban J connectivity index is 2.27. The Morgan fingerprint density at radius 1 is 1.29 bits per heavy atom. The minimum Gasteiger partial charge on any atom is -0.494 e. The molecule has 1 aliphatic rings. The topological polar surface area (TPSA) is 24.8 Å². The highest BCUT2D eigenvalue weighted by Crippen LogP contribution is 2.31. The fraction of sp³-hybridized carbons (Fsp3) is 0.500. The number of likely N-dealkylation sites (tertiary alicyclic amines) is 1. The second-order valence-corrected chi connectivity index (χ2v) is 4.48. The van der Waals surface area contributed by atoms with Crippen LogP contribution in [0.5, 0.6) is 5.75 Å². The van der Waals surface area contributed by atoms with Crippen LogP contribution in [0.15, 0.2) is 23.2 Å². The summed E-state index contributed by atoms with van der Waals surface area (Å²) in [5, 5.41) is 0. The largest absolute Gasteiger partial charge is 0.494 e. The Kier molecular flexibility index (Phi) is 3.67. The zero-order valence-corrected chi connectivity index (χ0v) is 10.9. The molecule has 0 atom stereocenters. The van der Waals surface area contributed by atoms with Gasteiger partial charge in [-0.25, -0.2) is 4.99 Å². The Morgan fingerprint density at radius 2 is 2.00 bits per heavy atom. The van der Waals surface area contributed by atoms with Crippen LogP contribution in [-0.2, 0) is 0 Å². The molecule has 1 aromatic carbocycles. The molecule has 0 amide bonds. The number of ether oxygens (including phenoxy) is 1. The molecule has 2 rings (SSSR count). The lowest BCUT2D eigenvalue weighted by atomic mass is 10.2. The van der Waals surface area contributed by atoms with E-state index < -0.39 is 0 Å². The second kappa shape index (κ2) is 5.21. The molecule has 0 aromatic heterocycles. The summed E-state index contributed by atoms with van der Waals surface area (Å²) < 4.78 is 5.41. The molecule has 92 valence electrons. The third kappa shape index (κ3) is 2.60. The van der Waals surface area contributed by atoms with Crippen molar-refractivity contribution in [3.63, 3.8) is 0 Å². The van der Waals surface area contributed by atoms with Crippen molar-refractivity contribution in [1.82, 2.24) is 4.90 Å². The van der Waals surface area contributed by atoms with Gasteiger partial charge in [0.25, 0.3) is 0 Å². The van der Waals surface area contributed by atoms with Gasteiger partial charge in [-0.05, 0) is 38.3 Å². The highest BCUT2D eigenvalue weighted by Gasteiger charge is 2.13. The van der Waals surface area contributed by atoms with Gasteiger partial charge < -0.3 is 9.64 Å². The average Bonchev–Trinajstić information content (AvgIpc) is 2.82. The molecule has 3 nitrogen and oxygen atoms in total. The van der Waals surface area contributed by atoms with Crippen LogP contribution in [0.1, 0.15) is 25.3 Å². The van der Waals surface area contributed by atoms with Crippen LogP contribution in [0.2, 0.25) is 0 Å². The molecule has 3 heteroatoms. The van der Waals surface area contributed by atoms with Crippen molar-refractivity contribution in [2.24, 2.45) is 4.99 Å². The summed E-state index contributed by atoms with van der Waals surface area (Å²) in [6.07, 6.45) is 2.55. The fourth-order valence-corrected chi connectivity index (χ4v) is 2.28. The summed E-state index contributed by atoms with van der Waals surface area (Å²) in [7, 11) is 1.70. The minimum absolute atomic E-state index is 0.881. The summed E-state index contributed by atoms with van der Waals surface area (Å²) in [5.41, 5.74) is 2.06. The van der Waals surface area contributed by atoms with Crippen LogP contribution in [0.25, 0.3) is 0 Å². The number of rotatable bonds is 2. The van der Waals surface area contributed by atoms with Gasteiger partial charge in [-0.3, -0.25) is 0 Å². The van der Waals surface area contributed by atoms with Crippen LogP contribution in [-0.4, -0.2) is 30.9 Å². The van der Waals surface area contributed by atoms with Crippen molar-refractivity contribution in [2.45, 2.75) is 26.7 Å². The summed E-state index contributed by atoms with van der Waals surface area (Å²) in [4.78, 5) is 7.03. The Morgan fingerprint density at radius 3 is 2.65 bits per heavy atom. The number of nitrogens with zero attached hydrogens (tertiary/aromatic N) is 2. The number of hydrogen-bond acceptors (Lipinski definition) is 2. The summed E-state index contributed by atoms with van der Waals surface area (Å²) in [6, 6.07) is 6.07. The van der Waals surface area contributed by atoms with Crippen LogP contribution in [0.3, 0.4) is 0 Å². The number of benzene rings is 1. The molecule has 1 saturated heterocycles. The second-order valence-electron chi connectivity index (χ2n) is 4.48. The quantitative estimate of drug-likeness (QED) is 0.578. The number of aliphatic imine (C=N–C) groups is 1. The third-order valence-corrected chi connectivity index (χ3v) is 3.24. The molecule has 0 radical (unpaired) electrons. The van der Waals surface area contributed by atoms with E-state index in [1.54, 1.807) is 7.11 Å². The predicted octanol–water partition coefficient (Wildman–Crippen LogP) is 3.15. The maximum Gasteiger partial charge on any atom is 0.147 e. The maximum absolute atomic E-state index is 5.41. The third-order valence-electron chi connectivity index (χ3n) is 3.24. The van der Waals surface area contributed by atoms with E-state index in [4.69, 9.17) is 9.73 Å². The van der Waals surface area contributed by atoms with Crippen LogP contribution >= 0.6 is 0 Å². The SMILES string of the molecule is COc1c(C)cccc1N=C(C)N1CCCC1. The van der Waals surface area contributed by atoms with E-state index in [2.05, 4.69) is 11.8 Å². The Bertz CT molecular complexity index is 420. The van der Waals surface area contributed by atoms with Gasteiger partial charge >= 0.3 is 0 Å². The van der Waals surface area contributed by atoms with Crippen molar-refractivity contribution in [1.29, 1.82) is 0 Å². The van der Waals surface area contributed by atoms with Gasteiger partial charge in [0, 0.05) is 13.1 Å². The van der Waals surface area contributed by atoms with Gasteiger partial charge in [-0.1, -0.05) is 12.1 Å².